The van der Waals surface area contributed by atoms with Gasteiger partial charge in [0.1, 0.15) is 5.75 Å². The van der Waals surface area contributed by atoms with Gasteiger partial charge in [0.25, 0.3) is 0 Å². The van der Waals surface area contributed by atoms with Crippen LogP contribution >= 0.6 is 0 Å². The first-order valence-corrected chi connectivity index (χ1v) is 15.1. The van der Waals surface area contributed by atoms with Crippen molar-refractivity contribution >= 4 is 17.0 Å². The Morgan fingerprint density at radius 3 is 2.50 bits per heavy atom. The number of amides is 1. The first-order chi connectivity index (χ1) is 18.7. The van der Waals surface area contributed by atoms with Crippen LogP contribution in [-0.2, 0) is 11.2 Å². The molecule has 1 aromatic heterocycles. The van der Waals surface area contributed by atoms with Crippen LogP contribution in [-0.4, -0.2) is 42.3 Å². The summed E-state index contributed by atoms with van der Waals surface area (Å²) in [5, 5.41) is 1.17. The van der Waals surface area contributed by atoms with E-state index in [2.05, 4.69) is 48.5 Å². The average molecular weight is 523 g/mol. The highest BCUT2D eigenvalue weighted by molar-refractivity contribution is 5.84. The van der Waals surface area contributed by atoms with Gasteiger partial charge in [-0.05, 0) is 81.5 Å². The zero-order valence-corrected chi connectivity index (χ0v) is 23.9. The predicted molar refractivity (Wildman–Crippen MR) is 159 cm³/mol. The highest BCUT2D eigenvalue weighted by atomic mass is 16.6. The number of carbonyl (C=O) groups is 1. The number of benzene rings is 1. The van der Waals surface area contributed by atoms with Crippen LogP contribution in [0.4, 0.5) is 4.79 Å². The van der Waals surface area contributed by atoms with E-state index in [9.17, 15) is 4.79 Å². The van der Waals surface area contributed by atoms with E-state index in [-0.39, 0.29) is 12.1 Å². The molecular formula is C33H50N2O3. The van der Waals surface area contributed by atoms with Crippen molar-refractivity contribution in [2.24, 2.45) is 0 Å². The van der Waals surface area contributed by atoms with E-state index in [4.69, 9.17) is 9.47 Å². The molecule has 5 heteroatoms. The second kappa shape index (κ2) is 17.8. The van der Waals surface area contributed by atoms with Gasteiger partial charge in [-0.15, -0.1) is 0 Å². The molecule has 0 aliphatic carbocycles. The van der Waals surface area contributed by atoms with Crippen LogP contribution in [0.1, 0.15) is 102 Å². The second-order valence-corrected chi connectivity index (χ2v) is 10.6. The summed E-state index contributed by atoms with van der Waals surface area (Å²) in [4.78, 5) is 18.1. The monoisotopic (exact) mass is 522 g/mol. The molecule has 1 fully saturated rings. The number of likely N-dealkylation sites (tertiary alicyclic amines) is 1. The first-order valence-electron chi connectivity index (χ1n) is 15.1. The minimum Gasteiger partial charge on any atom is -0.497 e. The maximum Gasteiger partial charge on any atom is 0.410 e. The smallest absolute Gasteiger partial charge is 0.410 e. The molecule has 210 valence electrons. The number of nitrogens with one attached hydrogen (secondary N) is 1. The number of allylic oxidation sites excluding steroid dienone is 4. The number of methoxy groups -OCH3 is 1. The second-order valence-electron chi connectivity index (χ2n) is 10.6. The summed E-state index contributed by atoms with van der Waals surface area (Å²) in [6.45, 7) is 3.57. The lowest BCUT2D eigenvalue weighted by molar-refractivity contribution is 0.0964. The van der Waals surface area contributed by atoms with Crippen LogP contribution in [0.25, 0.3) is 10.9 Å². The number of fused-ring (bicyclic) bond motifs is 1. The molecule has 5 nitrogen and oxygen atoms in total. The molecule has 2 aromatic rings. The van der Waals surface area contributed by atoms with Gasteiger partial charge in [-0.1, -0.05) is 69.8 Å². The number of hydrogen-bond donors (Lipinski definition) is 1. The van der Waals surface area contributed by atoms with Crippen molar-refractivity contribution < 1.29 is 14.3 Å². The largest absolute Gasteiger partial charge is 0.497 e. The number of aromatic amines is 1. The molecule has 3 rings (SSSR count). The van der Waals surface area contributed by atoms with Gasteiger partial charge in [-0.3, -0.25) is 0 Å². The lowest BCUT2D eigenvalue weighted by Gasteiger charge is -2.24. The summed E-state index contributed by atoms with van der Waals surface area (Å²) in [6.07, 6.45) is 28.6. The number of aromatic nitrogens is 1. The minimum atomic E-state index is -0.146. The van der Waals surface area contributed by atoms with Gasteiger partial charge in [0.15, 0.2) is 0 Å². The highest BCUT2D eigenvalue weighted by Gasteiger charge is 2.30. The van der Waals surface area contributed by atoms with E-state index in [0.29, 0.717) is 6.61 Å². The maximum absolute atomic E-state index is 12.8. The van der Waals surface area contributed by atoms with Crippen molar-refractivity contribution in [1.29, 1.82) is 0 Å². The topological polar surface area (TPSA) is 54.6 Å². The average Bonchev–Trinajstić information content (AvgIpc) is 3.57. The van der Waals surface area contributed by atoms with Gasteiger partial charge in [0.2, 0.25) is 0 Å². The predicted octanol–water partition coefficient (Wildman–Crippen LogP) is 9.13. The molecule has 38 heavy (non-hydrogen) atoms. The Bertz CT molecular complexity index is 993. The number of H-pyrrole nitrogens is 1. The Labute approximate surface area is 230 Å². The Balaban J connectivity index is 1.22. The van der Waals surface area contributed by atoms with E-state index in [1.807, 2.05) is 17.0 Å². The van der Waals surface area contributed by atoms with Crippen LogP contribution in [0.15, 0.2) is 48.7 Å². The first kappa shape index (κ1) is 29.9. The lowest BCUT2D eigenvalue weighted by atomic mass is 10.0. The third-order valence-electron chi connectivity index (χ3n) is 7.61. The zero-order chi connectivity index (χ0) is 26.8. The van der Waals surface area contributed by atoms with Crippen LogP contribution in [0.5, 0.6) is 5.75 Å². The van der Waals surface area contributed by atoms with Gasteiger partial charge in [0, 0.05) is 29.7 Å². The van der Waals surface area contributed by atoms with Gasteiger partial charge in [-0.2, -0.15) is 0 Å². The number of rotatable bonds is 18. The fourth-order valence-corrected chi connectivity index (χ4v) is 5.33. The van der Waals surface area contributed by atoms with E-state index < -0.39 is 0 Å². The standard InChI is InChI=1S/C33H50N2O3/c1-3-4-5-6-7-8-9-10-11-12-13-14-15-16-17-18-24-38-33(36)35-23-19-20-29(35)25-28-27-34-32-22-21-30(37-2)26-31(28)32/h7-8,10-11,21-22,26-27,29,34H,3-6,9,12-20,23-25H2,1-2H3/b8-7-,11-10-. The Kier molecular flexibility index (Phi) is 13.9. The van der Waals surface area contributed by atoms with Crippen LogP contribution < -0.4 is 4.74 Å². The van der Waals surface area contributed by atoms with Crippen molar-refractivity contribution in [3.8, 4) is 5.75 Å². The maximum atomic E-state index is 12.8. The number of hydrogen-bond acceptors (Lipinski definition) is 3. The fourth-order valence-electron chi connectivity index (χ4n) is 5.33. The normalized spacial score (nSPS) is 15.8. The highest BCUT2D eigenvalue weighted by Crippen LogP contribution is 2.28. The minimum absolute atomic E-state index is 0.146. The fraction of sp³-hybridized carbons (Fsp3) is 0.606. The molecule has 1 aliphatic heterocycles. The summed E-state index contributed by atoms with van der Waals surface area (Å²) >= 11 is 0. The Hall–Kier alpha value is -2.69. The number of carbonyl (C=O) groups excluding carboxylic acids is 1. The van der Waals surface area contributed by atoms with Crippen molar-refractivity contribution in [2.45, 2.75) is 109 Å². The number of nitrogens with zero attached hydrogens (tertiary/aromatic N) is 1. The van der Waals surface area contributed by atoms with Crippen LogP contribution in [0, 0.1) is 0 Å². The van der Waals surface area contributed by atoms with Gasteiger partial charge in [-0.25, -0.2) is 4.79 Å². The third kappa shape index (κ3) is 10.2. The van der Waals surface area contributed by atoms with Crippen molar-refractivity contribution in [2.75, 3.05) is 20.3 Å². The summed E-state index contributed by atoms with van der Waals surface area (Å²) in [6, 6.07) is 6.29. The molecule has 0 saturated carbocycles. The molecule has 1 atom stereocenters. The molecule has 1 aliphatic rings. The van der Waals surface area contributed by atoms with E-state index in [1.165, 1.54) is 68.7 Å². The van der Waals surface area contributed by atoms with Crippen LogP contribution in [0.3, 0.4) is 0 Å². The molecule has 1 amide bonds. The molecule has 2 heterocycles. The summed E-state index contributed by atoms with van der Waals surface area (Å²) in [5.41, 5.74) is 2.33. The van der Waals surface area contributed by atoms with Crippen molar-refractivity contribution in [1.82, 2.24) is 9.88 Å². The molecule has 0 bridgehead atoms. The molecule has 0 radical (unpaired) electrons. The molecule has 1 unspecified atom stereocenters. The van der Waals surface area contributed by atoms with Crippen molar-refractivity contribution in [3.05, 3.63) is 54.3 Å². The van der Waals surface area contributed by atoms with E-state index in [1.54, 1.807) is 7.11 Å². The SMILES string of the molecule is CCCCC/C=C\C/C=C\CCCCCCCCOC(=O)N1CCCC1Cc1c[nH]c2ccc(OC)cc12. The van der Waals surface area contributed by atoms with Crippen LogP contribution in [0.2, 0.25) is 0 Å². The van der Waals surface area contributed by atoms with Gasteiger partial charge < -0.3 is 19.4 Å². The molecular weight excluding hydrogens is 472 g/mol. The molecule has 1 N–H and O–H groups in total. The molecule has 1 saturated heterocycles. The summed E-state index contributed by atoms with van der Waals surface area (Å²) < 4.78 is 11.1. The summed E-state index contributed by atoms with van der Waals surface area (Å²) in [5.74, 6) is 0.856. The van der Waals surface area contributed by atoms with E-state index in [0.717, 1.165) is 56.3 Å². The molecule has 1 aromatic carbocycles. The van der Waals surface area contributed by atoms with Gasteiger partial charge in [0.05, 0.1) is 13.7 Å². The van der Waals surface area contributed by atoms with Crippen molar-refractivity contribution in [3.63, 3.8) is 0 Å². The Morgan fingerprint density at radius 1 is 1.00 bits per heavy atom. The lowest BCUT2D eigenvalue weighted by Crippen LogP contribution is -2.37. The molecule has 0 spiro atoms. The van der Waals surface area contributed by atoms with Gasteiger partial charge >= 0.3 is 6.09 Å². The quantitative estimate of drug-likeness (QED) is 0.157. The summed E-state index contributed by atoms with van der Waals surface area (Å²) in [7, 11) is 1.69. The number of ether oxygens (including phenoxy) is 2. The zero-order valence-electron chi connectivity index (χ0n) is 23.9. The number of unbranched alkanes of at least 4 members (excludes halogenated alkanes) is 9. The Morgan fingerprint density at radius 2 is 1.74 bits per heavy atom. The third-order valence-corrected chi connectivity index (χ3v) is 7.61. The van der Waals surface area contributed by atoms with E-state index >= 15 is 0 Å².